The fourth-order valence-corrected chi connectivity index (χ4v) is 2.15. The third-order valence-corrected chi connectivity index (χ3v) is 4.00. The molecule has 0 spiro atoms. The van der Waals surface area contributed by atoms with Crippen LogP contribution in [0.15, 0.2) is 46.9 Å². The van der Waals surface area contributed by atoms with Crippen LogP contribution >= 0.6 is 15.9 Å². The Bertz CT molecular complexity index is 656. The van der Waals surface area contributed by atoms with Crippen molar-refractivity contribution in [3.63, 3.8) is 0 Å². The Hall–Kier alpha value is -2.01. The quantitative estimate of drug-likeness (QED) is 0.768. The Balaban J connectivity index is 1.83. The molecule has 0 aliphatic rings. The highest BCUT2D eigenvalue weighted by Crippen LogP contribution is 2.21. The molecule has 0 saturated carbocycles. The Morgan fingerprint density at radius 3 is 2.43 bits per heavy atom. The highest BCUT2D eigenvalue weighted by atomic mass is 79.9. The summed E-state index contributed by atoms with van der Waals surface area (Å²) in [5, 5.41) is 2.79. The molecular formula is C18H20BrNO3. The fourth-order valence-electron chi connectivity index (χ4n) is 1.91. The van der Waals surface area contributed by atoms with Crippen LogP contribution in [-0.2, 0) is 4.79 Å². The van der Waals surface area contributed by atoms with Gasteiger partial charge in [-0.3, -0.25) is 4.79 Å². The molecule has 0 atom stereocenters. The van der Waals surface area contributed by atoms with Crippen molar-refractivity contribution < 1.29 is 14.3 Å². The van der Waals surface area contributed by atoms with Crippen molar-refractivity contribution in [1.29, 1.82) is 0 Å². The second-order valence-corrected chi connectivity index (χ2v) is 5.98. The van der Waals surface area contributed by atoms with Gasteiger partial charge in [-0.15, -0.1) is 0 Å². The van der Waals surface area contributed by atoms with Crippen LogP contribution in [0.2, 0.25) is 0 Å². The number of carbonyl (C=O) groups excluding carboxylic acids is 1. The zero-order valence-corrected chi connectivity index (χ0v) is 14.9. The highest BCUT2D eigenvalue weighted by molar-refractivity contribution is 9.10. The van der Waals surface area contributed by atoms with Crippen molar-refractivity contribution in [3.05, 3.63) is 52.5 Å². The van der Waals surface area contributed by atoms with E-state index in [0.717, 1.165) is 27.9 Å². The minimum absolute atomic E-state index is 0.0326. The summed E-state index contributed by atoms with van der Waals surface area (Å²) >= 11 is 3.43. The lowest BCUT2D eigenvalue weighted by molar-refractivity contribution is -0.118. The van der Waals surface area contributed by atoms with E-state index in [1.807, 2.05) is 49.4 Å². The molecule has 2 aromatic rings. The standard InChI is InChI=1S/C18H20BrNO3/c1-3-10-22-15-6-4-14(5-7-15)20-18(21)12-23-16-8-9-17(19)13(2)11-16/h4-9,11H,3,10,12H2,1-2H3,(H,20,21). The molecule has 0 fully saturated rings. The van der Waals surface area contributed by atoms with Gasteiger partial charge in [0.2, 0.25) is 0 Å². The fraction of sp³-hybridized carbons (Fsp3) is 0.278. The van der Waals surface area contributed by atoms with Gasteiger partial charge in [-0.05, 0) is 61.4 Å². The average Bonchev–Trinajstić information content (AvgIpc) is 2.55. The molecule has 0 saturated heterocycles. The third kappa shape index (κ3) is 5.60. The second kappa shape index (κ2) is 8.58. The number of hydrogen-bond acceptors (Lipinski definition) is 3. The first-order chi connectivity index (χ1) is 11.1. The van der Waals surface area contributed by atoms with E-state index in [0.29, 0.717) is 12.4 Å². The minimum Gasteiger partial charge on any atom is -0.494 e. The molecular weight excluding hydrogens is 358 g/mol. The van der Waals surface area contributed by atoms with Crippen molar-refractivity contribution in [2.75, 3.05) is 18.5 Å². The summed E-state index contributed by atoms with van der Waals surface area (Å²) in [6, 6.07) is 12.9. The van der Waals surface area contributed by atoms with Crippen molar-refractivity contribution in [3.8, 4) is 11.5 Å². The van der Waals surface area contributed by atoms with Crippen LogP contribution in [0.3, 0.4) is 0 Å². The number of carbonyl (C=O) groups is 1. The Labute approximate surface area is 144 Å². The molecule has 1 amide bonds. The smallest absolute Gasteiger partial charge is 0.262 e. The molecule has 0 bridgehead atoms. The molecule has 0 aliphatic heterocycles. The first kappa shape index (κ1) is 17.3. The number of amides is 1. The maximum Gasteiger partial charge on any atom is 0.262 e. The van der Waals surface area contributed by atoms with Crippen LogP contribution in [0.1, 0.15) is 18.9 Å². The van der Waals surface area contributed by atoms with E-state index in [9.17, 15) is 4.79 Å². The third-order valence-electron chi connectivity index (χ3n) is 3.11. The molecule has 122 valence electrons. The van der Waals surface area contributed by atoms with Gasteiger partial charge in [0.1, 0.15) is 11.5 Å². The van der Waals surface area contributed by atoms with Crippen LogP contribution in [0.25, 0.3) is 0 Å². The minimum atomic E-state index is -0.201. The molecule has 0 unspecified atom stereocenters. The molecule has 0 radical (unpaired) electrons. The first-order valence-electron chi connectivity index (χ1n) is 7.50. The van der Waals surface area contributed by atoms with Crippen LogP contribution in [-0.4, -0.2) is 19.1 Å². The van der Waals surface area contributed by atoms with Gasteiger partial charge in [-0.1, -0.05) is 22.9 Å². The van der Waals surface area contributed by atoms with Gasteiger partial charge in [0.05, 0.1) is 6.61 Å². The van der Waals surface area contributed by atoms with Crippen molar-refractivity contribution in [2.24, 2.45) is 0 Å². The van der Waals surface area contributed by atoms with Crippen LogP contribution in [0.4, 0.5) is 5.69 Å². The number of anilines is 1. The predicted molar refractivity (Wildman–Crippen MR) is 95.2 cm³/mol. The Kier molecular flexibility index (Phi) is 6.47. The summed E-state index contributed by atoms with van der Waals surface area (Å²) in [6.45, 7) is 4.68. The van der Waals surface area contributed by atoms with Gasteiger partial charge in [0.25, 0.3) is 5.91 Å². The molecule has 2 rings (SSSR count). The summed E-state index contributed by atoms with van der Waals surface area (Å²) in [5.41, 5.74) is 1.78. The number of halogens is 1. The monoisotopic (exact) mass is 377 g/mol. The summed E-state index contributed by atoms with van der Waals surface area (Å²) in [5.74, 6) is 1.27. The zero-order valence-electron chi connectivity index (χ0n) is 13.3. The SMILES string of the molecule is CCCOc1ccc(NC(=O)COc2ccc(Br)c(C)c2)cc1. The normalized spacial score (nSPS) is 10.2. The lowest BCUT2D eigenvalue weighted by Gasteiger charge is -2.09. The summed E-state index contributed by atoms with van der Waals surface area (Å²) in [7, 11) is 0. The van der Waals surface area contributed by atoms with E-state index in [2.05, 4.69) is 28.2 Å². The number of aryl methyl sites for hydroxylation is 1. The second-order valence-electron chi connectivity index (χ2n) is 5.12. The van der Waals surface area contributed by atoms with Crippen LogP contribution < -0.4 is 14.8 Å². The van der Waals surface area contributed by atoms with E-state index >= 15 is 0 Å². The molecule has 2 aromatic carbocycles. The summed E-state index contributed by atoms with van der Waals surface area (Å²) in [6.07, 6.45) is 0.964. The van der Waals surface area contributed by atoms with Gasteiger partial charge in [-0.2, -0.15) is 0 Å². The van der Waals surface area contributed by atoms with Gasteiger partial charge in [0.15, 0.2) is 6.61 Å². The van der Waals surface area contributed by atoms with E-state index in [-0.39, 0.29) is 12.5 Å². The Morgan fingerprint density at radius 2 is 1.78 bits per heavy atom. The molecule has 0 aliphatic carbocycles. The topological polar surface area (TPSA) is 47.6 Å². The number of nitrogens with one attached hydrogen (secondary N) is 1. The first-order valence-corrected chi connectivity index (χ1v) is 8.29. The van der Waals surface area contributed by atoms with E-state index in [4.69, 9.17) is 9.47 Å². The average molecular weight is 378 g/mol. The number of rotatable bonds is 7. The number of benzene rings is 2. The van der Waals surface area contributed by atoms with Crippen LogP contribution in [0.5, 0.6) is 11.5 Å². The molecule has 4 nitrogen and oxygen atoms in total. The zero-order chi connectivity index (χ0) is 16.7. The largest absolute Gasteiger partial charge is 0.494 e. The van der Waals surface area contributed by atoms with Gasteiger partial charge in [-0.25, -0.2) is 0 Å². The molecule has 5 heteroatoms. The number of hydrogen-bond donors (Lipinski definition) is 1. The van der Waals surface area contributed by atoms with Crippen molar-refractivity contribution >= 4 is 27.5 Å². The van der Waals surface area contributed by atoms with Crippen LogP contribution in [0, 0.1) is 6.92 Å². The van der Waals surface area contributed by atoms with Gasteiger partial charge in [0, 0.05) is 10.2 Å². The Morgan fingerprint density at radius 1 is 1.09 bits per heavy atom. The summed E-state index contributed by atoms with van der Waals surface area (Å²) in [4.78, 5) is 11.9. The molecule has 1 N–H and O–H groups in total. The highest BCUT2D eigenvalue weighted by Gasteiger charge is 2.05. The molecule has 0 heterocycles. The predicted octanol–water partition coefficient (Wildman–Crippen LogP) is 4.56. The maximum absolute atomic E-state index is 11.9. The van der Waals surface area contributed by atoms with Crippen molar-refractivity contribution in [1.82, 2.24) is 0 Å². The molecule has 0 aromatic heterocycles. The lowest BCUT2D eigenvalue weighted by Crippen LogP contribution is -2.20. The van der Waals surface area contributed by atoms with E-state index in [1.165, 1.54) is 0 Å². The summed E-state index contributed by atoms with van der Waals surface area (Å²) < 4.78 is 12.0. The molecule has 23 heavy (non-hydrogen) atoms. The number of ether oxygens (including phenoxy) is 2. The van der Waals surface area contributed by atoms with Crippen molar-refractivity contribution in [2.45, 2.75) is 20.3 Å². The van der Waals surface area contributed by atoms with E-state index < -0.39 is 0 Å². The lowest BCUT2D eigenvalue weighted by atomic mass is 10.2. The van der Waals surface area contributed by atoms with Gasteiger partial charge >= 0.3 is 0 Å². The maximum atomic E-state index is 11.9. The van der Waals surface area contributed by atoms with Gasteiger partial charge < -0.3 is 14.8 Å². The van der Waals surface area contributed by atoms with E-state index in [1.54, 1.807) is 0 Å².